The number of furan rings is 1. The van der Waals surface area contributed by atoms with Crippen molar-refractivity contribution in [3.05, 3.63) is 23.7 Å². The van der Waals surface area contributed by atoms with E-state index < -0.39 is 0 Å². The average Bonchev–Trinajstić information content (AvgIpc) is 2.72. The molecule has 17 heavy (non-hydrogen) atoms. The molecule has 0 aromatic carbocycles. The molecule has 5 rings (SSSR count). The predicted octanol–water partition coefficient (Wildman–Crippen LogP) is 2.99. The second-order valence-corrected chi connectivity index (χ2v) is 6.74. The first-order valence-corrected chi connectivity index (χ1v) is 6.99. The van der Waals surface area contributed by atoms with E-state index in [4.69, 9.17) is 10.2 Å². The van der Waals surface area contributed by atoms with Gasteiger partial charge < -0.3 is 10.2 Å². The Hall–Kier alpha value is -0.760. The number of nitrogens with two attached hydrogens (primary N) is 1. The van der Waals surface area contributed by atoms with Crippen molar-refractivity contribution in [1.29, 1.82) is 0 Å². The van der Waals surface area contributed by atoms with E-state index in [0.717, 1.165) is 23.5 Å². The molecule has 2 atom stereocenters. The molecule has 2 nitrogen and oxygen atoms in total. The average molecular weight is 231 g/mol. The summed E-state index contributed by atoms with van der Waals surface area (Å²) in [6.45, 7) is 2.05. The Morgan fingerprint density at radius 3 is 2.47 bits per heavy atom. The maximum absolute atomic E-state index is 6.38. The highest BCUT2D eigenvalue weighted by atomic mass is 16.3. The molecule has 0 saturated heterocycles. The molecule has 2 heteroatoms. The van der Waals surface area contributed by atoms with Gasteiger partial charge in [-0.3, -0.25) is 0 Å². The Labute approximate surface area is 103 Å². The summed E-state index contributed by atoms with van der Waals surface area (Å²) < 4.78 is 5.96. The van der Waals surface area contributed by atoms with Gasteiger partial charge >= 0.3 is 0 Å². The summed E-state index contributed by atoms with van der Waals surface area (Å²) in [5.74, 6) is 4.73. The SMILES string of the molecule is Cc1ccc(C23CC4CC(C2)C(N)C(C4)C3)o1. The molecular formula is C15H21NO. The second kappa shape index (κ2) is 3.17. The minimum absolute atomic E-state index is 0.348. The van der Waals surface area contributed by atoms with E-state index in [1.807, 2.05) is 0 Å². The Kier molecular flexibility index (Phi) is 1.90. The summed E-state index contributed by atoms with van der Waals surface area (Å²) in [6, 6.07) is 4.80. The standard InChI is InChI=1S/C15H21NO/c1-9-2-3-13(17-9)15-6-10-4-11(7-15)14(16)12(5-10)8-15/h2-3,10-12,14H,4-8,16H2,1H3. The van der Waals surface area contributed by atoms with E-state index in [1.165, 1.54) is 37.9 Å². The number of aryl methyl sites for hydroxylation is 1. The van der Waals surface area contributed by atoms with Crippen molar-refractivity contribution >= 4 is 0 Å². The Morgan fingerprint density at radius 2 is 1.88 bits per heavy atom. The summed E-state index contributed by atoms with van der Waals surface area (Å²) in [5.41, 5.74) is 6.73. The molecule has 0 aliphatic heterocycles. The minimum Gasteiger partial charge on any atom is -0.466 e. The van der Waals surface area contributed by atoms with E-state index in [9.17, 15) is 0 Å². The van der Waals surface area contributed by atoms with E-state index in [-0.39, 0.29) is 0 Å². The number of hydrogen-bond donors (Lipinski definition) is 1. The number of hydrogen-bond acceptors (Lipinski definition) is 2. The molecule has 2 N–H and O–H groups in total. The van der Waals surface area contributed by atoms with Crippen LogP contribution >= 0.6 is 0 Å². The van der Waals surface area contributed by atoms with E-state index >= 15 is 0 Å². The van der Waals surface area contributed by atoms with E-state index in [2.05, 4.69) is 19.1 Å². The second-order valence-electron chi connectivity index (χ2n) is 6.74. The zero-order valence-electron chi connectivity index (χ0n) is 10.5. The molecule has 4 saturated carbocycles. The summed E-state index contributed by atoms with van der Waals surface area (Å²) in [7, 11) is 0. The highest BCUT2D eigenvalue weighted by Gasteiger charge is 2.56. The third-order valence-electron chi connectivity index (χ3n) is 5.61. The van der Waals surface area contributed by atoms with Crippen molar-refractivity contribution in [1.82, 2.24) is 0 Å². The van der Waals surface area contributed by atoms with Gasteiger partial charge in [0.1, 0.15) is 11.5 Å². The Balaban J connectivity index is 1.75. The minimum atomic E-state index is 0.348. The molecule has 92 valence electrons. The van der Waals surface area contributed by atoms with Gasteiger partial charge in [0.05, 0.1) is 0 Å². The maximum atomic E-state index is 6.38. The quantitative estimate of drug-likeness (QED) is 0.807. The predicted molar refractivity (Wildman–Crippen MR) is 66.7 cm³/mol. The van der Waals surface area contributed by atoms with Crippen LogP contribution in [-0.4, -0.2) is 6.04 Å². The van der Waals surface area contributed by atoms with E-state index in [0.29, 0.717) is 11.5 Å². The third kappa shape index (κ3) is 1.31. The van der Waals surface area contributed by atoms with Gasteiger partial charge in [0.25, 0.3) is 0 Å². The van der Waals surface area contributed by atoms with E-state index in [1.54, 1.807) is 0 Å². The first-order chi connectivity index (χ1) is 8.16. The molecule has 1 heterocycles. The van der Waals surface area contributed by atoms with Crippen molar-refractivity contribution in [2.75, 3.05) is 0 Å². The molecule has 1 aromatic heterocycles. The van der Waals surface area contributed by atoms with Crippen LogP contribution in [0.5, 0.6) is 0 Å². The van der Waals surface area contributed by atoms with Gasteiger partial charge in [-0.25, -0.2) is 0 Å². The zero-order chi connectivity index (χ0) is 11.6. The Bertz CT molecular complexity index is 434. The van der Waals surface area contributed by atoms with Crippen LogP contribution in [0.1, 0.15) is 43.6 Å². The van der Waals surface area contributed by atoms with Crippen LogP contribution in [0.4, 0.5) is 0 Å². The zero-order valence-corrected chi connectivity index (χ0v) is 10.5. The molecular weight excluding hydrogens is 210 g/mol. The third-order valence-corrected chi connectivity index (χ3v) is 5.61. The highest BCUT2D eigenvalue weighted by Crippen LogP contribution is 2.60. The van der Waals surface area contributed by atoms with Crippen LogP contribution < -0.4 is 5.73 Å². The van der Waals surface area contributed by atoms with Gasteiger partial charge in [0.2, 0.25) is 0 Å². The largest absolute Gasteiger partial charge is 0.466 e. The van der Waals surface area contributed by atoms with Gasteiger partial charge in [0, 0.05) is 11.5 Å². The summed E-state index contributed by atoms with van der Waals surface area (Å²) in [6.07, 6.45) is 6.64. The van der Waals surface area contributed by atoms with Crippen LogP contribution in [0.25, 0.3) is 0 Å². The lowest BCUT2D eigenvalue weighted by molar-refractivity contribution is -0.0317. The molecule has 0 amide bonds. The fourth-order valence-corrected chi connectivity index (χ4v) is 5.08. The smallest absolute Gasteiger partial charge is 0.110 e. The van der Waals surface area contributed by atoms with Crippen LogP contribution in [-0.2, 0) is 5.41 Å². The monoisotopic (exact) mass is 231 g/mol. The summed E-state index contributed by atoms with van der Waals surface area (Å²) in [4.78, 5) is 0. The fourth-order valence-electron chi connectivity index (χ4n) is 5.08. The van der Waals surface area contributed by atoms with Gasteiger partial charge in [-0.05, 0) is 68.9 Å². The van der Waals surface area contributed by atoms with Gasteiger partial charge in [0.15, 0.2) is 0 Å². The maximum Gasteiger partial charge on any atom is 0.110 e. The van der Waals surface area contributed by atoms with Crippen molar-refractivity contribution in [3.63, 3.8) is 0 Å². The number of rotatable bonds is 1. The highest BCUT2D eigenvalue weighted by molar-refractivity contribution is 5.23. The summed E-state index contributed by atoms with van der Waals surface area (Å²) in [5, 5.41) is 0. The first-order valence-electron chi connectivity index (χ1n) is 6.99. The lowest BCUT2D eigenvalue weighted by atomic mass is 9.47. The van der Waals surface area contributed by atoms with Gasteiger partial charge in [-0.15, -0.1) is 0 Å². The molecule has 4 aliphatic carbocycles. The van der Waals surface area contributed by atoms with Crippen LogP contribution in [0, 0.1) is 24.7 Å². The van der Waals surface area contributed by atoms with Crippen molar-refractivity contribution < 1.29 is 4.42 Å². The molecule has 4 aliphatic rings. The normalized spacial score (nSPS) is 47.6. The van der Waals surface area contributed by atoms with Gasteiger partial charge in [-0.2, -0.15) is 0 Å². The van der Waals surface area contributed by atoms with Crippen molar-refractivity contribution in [2.45, 2.75) is 50.5 Å². The van der Waals surface area contributed by atoms with Gasteiger partial charge in [-0.1, -0.05) is 0 Å². The molecule has 2 unspecified atom stereocenters. The molecule has 1 aromatic rings. The molecule has 4 fully saturated rings. The first kappa shape index (κ1) is 10.2. The van der Waals surface area contributed by atoms with Crippen molar-refractivity contribution in [3.8, 4) is 0 Å². The molecule has 0 radical (unpaired) electrons. The lowest BCUT2D eigenvalue weighted by Crippen LogP contribution is -2.58. The fraction of sp³-hybridized carbons (Fsp3) is 0.733. The molecule has 0 spiro atoms. The topological polar surface area (TPSA) is 39.2 Å². The van der Waals surface area contributed by atoms with Crippen LogP contribution in [0.2, 0.25) is 0 Å². The van der Waals surface area contributed by atoms with Crippen LogP contribution in [0.15, 0.2) is 16.5 Å². The molecule has 4 bridgehead atoms. The summed E-state index contributed by atoms with van der Waals surface area (Å²) >= 11 is 0. The van der Waals surface area contributed by atoms with Crippen molar-refractivity contribution in [2.24, 2.45) is 23.5 Å². The van der Waals surface area contributed by atoms with Crippen LogP contribution in [0.3, 0.4) is 0 Å². The Morgan fingerprint density at radius 1 is 1.18 bits per heavy atom. The lowest BCUT2D eigenvalue weighted by Gasteiger charge is -2.58.